The molecule has 1 aromatic carbocycles. The third kappa shape index (κ3) is 5.53. The summed E-state index contributed by atoms with van der Waals surface area (Å²) in [4.78, 5) is 0. The molecule has 0 radical (unpaired) electrons. The van der Waals surface area contributed by atoms with E-state index in [1.807, 2.05) is 0 Å². The molecule has 1 aromatic rings. The molecule has 0 heteroatoms. The summed E-state index contributed by atoms with van der Waals surface area (Å²) < 4.78 is 0. The Morgan fingerprint density at radius 2 is 1.80 bits per heavy atom. The van der Waals surface area contributed by atoms with Crippen LogP contribution in [0.3, 0.4) is 0 Å². The Bertz CT molecular complexity index is 420. The van der Waals surface area contributed by atoms with E-state index >= 15 is 0 Å². The molecule has 0 bridgehead atoms. The van der Waals surface area contributed by atoms with E-state index < -0.39 is 0 Å². The highest BCUT2D eigenvalue weighted by molar-refractivity contribution is 5.67. The summed E-state index contributed by atoms with van der Waals surface area (Å²) >= 11 is 0. The van der Waals surface area contributed by atoms with Gasteiger partial charge in [-0.05, 0) is 49.8 Å². The Kier molecular flexibility index (Phi) is 7.65. The van der Waals surface area contributed by atoms with Crippen molar-refractivity contribution in [1.29, 1.82) is 0 Å². The maximum atomic E-state index is 2.36. The molecule has 1 aliphatic rings. The monoisotopic (exact) mass is 272 g/mol. The molecule has 1 aliphatic carbocycles. The molecule has 20 heavy (non-hydrogen) atoms. The van der Waals surface area contributed by atoms with Crippen molar-refractivity contribution in [2.24, 2.45) is 5.92 Å². The van der Waals surface area contributed by atoms with Gasteiger partial charge in [-0.25, -0.2) is 0 Å². The van der Waals surface area contributed by atoms with Crippen LogP contribution in [0, 0.1) is 19.8 Å². The first-order valence-corrected chi connectivity index (χ1v) is 8.31. The molecule has 0 unspecified atom stereocenters. The molecular weight excluding hydrogens is 240 g/mol. The van der Waals surface area contributed by atoms with Crippen LogP contribution in [0.5, 0.6) is 0 Å². The van der Waals surface area contributed by atoms with Gasteiger partial charge in [0.15, 0.2) is 0 Å². The molecule has 112 valence electrons. The molecular formula is C20H32. The van der Waals surface area contributed by atoms with E-state index in [2.05, 4.69) is 58.9 Å². The Morgan fingerprint density at radius 3 is 2.20 bits per heavy atom. The van der Waals surface area contributed by atoms with Crippen LogP contribution in [0.25, 0.3) is 5.57 Å². The van der Waals surface area contributed by atoms with E-state index in [9.17, 15) is 0 Å². The lowest BCUT2D eigenvalue weighted by atomic mass is 9.91. The topological polar surface area (TPSA) is 0 Å². The van der Waals surface area contributed by atoms with Gasteiger partial charge >= 0.3 is 0 Å². The molecule has 0 N–H and O–H groups in total. The number of hydrogen-bond donors (Lipinski definition) is 0. The van der Waals surface area contributed by atoms with Gasteiger partial charge in [-0.15, -0.1) is 0 Å². The van der Waals surface area contributed by atoms with E-state index in [-0.39, 0.29) is 0 Å². The zero-order valence-corrected chi connectivity index (χ0v) is 14.1. The van der Waals surface area contributed by atoms with Gasteiger partial charge in [0.25, 0.3) is 0 Å². The van der Waals surface area contributed by atoms with Crippen molar-refractivity contribution in [1.82, 2.24) is 0 Å². The van der Waals surface area contributed by atoms with Gasteiger partial charge in [0.05, 0.1) is 0 Å². The third-order valence-electron chi connectivity index (χ3n) is 4.35. The van der Waals surface area contributed by atoms with Crippen LogP contribution in [0.1, 0.15) is 76.0 Å². The van der Waals surface area contributed by atoms with Crippen LogP contribution in [0.4, 0.5) is 0 Å². The first-order chi connectivity index (χ1) is 9.58. The van der Waals surface area contributed by atoms with Gasteiger partial charge in [-0.3, -0.25) is 0 Å². The van der Waals surface area contributed by atoms with Crippen molar-refractivity contribution in [3.05, 3.63) is 41.0 Å². The molecule has 0 aliphatic heterocycles. The SMILES string of the molecule is C/C=C(\CC)c1ccc(C)cc1C.CC1CCCCC1. The van der Waals surface area contributed by atoms with Crippen molar-refractivity contribution < 1.29 is 0 Å². The summed E-state index contributed by atoms with van der Waals surface area (Å²) in [5.74, 6) is 1.04. The minimum atomic E-state index is 1.04. The fourth-order valence-corrected chi connectivity index (χ4v) is 3.03. The fourth-order valence-electron chi connectivity index (χ4n) is 3.03. The quantitative estimate of drug-likeness (QED) is 0.561. The fraction of sp³-hybridized carbons (Fsp3) is 0.600. The zero-order chi connectivity index (χ0) is 15.0. The van der Waals surface area contributed by atoms with Gasteiger partial charge in [0.2, 0.25) is 0 Å². The van der Waals surface area contributed by atoms with Gasteiger partial charge in [-0.1, -0.05) is 75.8 Å². The van der Waals surface area contributed by atoms with Gasteiger partial charge in [0.1, 0.15) is 0 Å². The Balaban J connectivity index is 0.000000240. The second kappa shape index (κ2) is 9.00. The smallest absolute Gasteiger partial charge is 0.0198 e. The van der Waals surface area contributed by atoms with Crippen molar-refractivity contribution >= 4 is 5.57 Å². The Morgan fingerprint density at radius 1 is 1.15 bits per heavy atom. The average molecular weight is 272 g/mol. The van der Waals surface area contributed by atoms with Gasteiger partial charge in [0, 0.05) is 0 Å². The predicted molar refractivity (Wildman–Crippen MR) is 92.1 cm³/mol. The Hall–Kier alpha value is -1.04. The van der Waals surface area contributed by atoms with E-state index in [4.69, 9.17) is 0 Å². The van der Waals surface area contributed by atoms with Crippen LogP contribution in [-0.2, 0) is 0 Å². The number of aryl methyl sites for hydroxylation is 2. The molecule has 0 atom stereocenters. The number of allylic oxidation sites excluding steroid dienone is 2. The standard InChI is InChI=1S/C13H18.C7H14/c1-5-12(6-2)13-8-7-10(3)9-11(13)4;1-7-5-3-2-4-6-7/h5,7-9H,6H2,1-4H3;7H,2-6H2,1H3/b12-5+;. The summed E-state index contributed by atoms with van der Waals surface area (Å²) in [6.07, 6.45) is 10.8. The summed E-state index contributed by atoms with van der Waals surface area (Å²) in [5, 5.41) is 0. The van der Waals surface area contributed by atoms with Crippen LogP contribution in [-0.4, -0.2) is 0 Å². The molecule has 0 saturated heterocycles. The second-order valence-electron chi connectivity index (χ2n) is 6.23. The predicted octanol–water partition coefficient (Wildman–Crippen LogP) is 6.70. The van der Waals surface area contributed by atoms with E-state index in [1.54, 1.807) is 0 Å². The molecule has 0 aromatic heterocycles. The van der Waals surface area contributed by atoms with Crippen LogP contribution in [0.15, 0.2) is 24.3 Å². The van der Waals surface area contributed by atoms with E-state index in [0.717, 1.165) is 12.3 Å². The largest absolute Gasteiger partial charge is 0.0838 e. The lowest BCUT2D eigenvalue weighted by Gasteiger charge is -2.15. The van der Waals surface area contributed by atoms with Gasteiger partial charge in [-0.2, -0.15) is 0 Å². The normalized spacial score (nSPS) is 16.6. The summed E-state index contributed by atoms with van der Waals surface area (Å²) in [6, 6.07) is 6.65. The highest BCUT2D eigenvalue weighted by atomic mass is 14.1. The van der Waals surface area contributed by atoms with Crippen molar-refractivity contribution in [3.63, 3.8) is 0 Å². The lowest BCUT2D eigenvalue weighted by Crippen LogP contribution is -1.99. The molecule has 2 rings (SSSR count). The maximum Gasteiger partial charge on any atom is -0.0198 e. The number of benzene rings is 1. The minimum Gasteiger partial charge on any atom is -0.0838 e. The average Bonchev–Trinajstić information content (AvgIpc) is 2.44. The second-order valence-corrected chi connectivity index (χ2v) is 6.23. The lowest BCUT2D eigenvalue weighted by molar-refractivity contribution is 0.385. The third-order valence-corrected chi connectivity index (χ3v) is 4.35. The first kappa shape index (κ1) is 17.0. The van der Waals surface area contributed by atoms with Crippen molar-refractivity contribution in [2.75, 3.05) is 0 Å². The first-order valence-electron chi connectivity index (χ1n) is 8.31. The summed E-state index contributed by atoms with van der Waals surface area (Å²) in [7, 11) is 0. The van der Waals surface area contributed by atoms with E-state index in [1.165, 1.54) is 54.4 Å². The maximum absolute atomic E-state index is 2.36. The minimum absolute atomic E-state index is 1.04. The summed E-state index contributed by atoms with van der Waals surface area (Å²) in [5.41, 5.74) is 5.57. The Labute approximate surface area is 126 Å². The van der Waals surface area contributed by atoms with Crippen LogP contribution < -0.4 is 0 Å². The molecule has 0 amide bonds. The molecule has 1 fully saturated rings. The van der Waals surface area contributed by atoms with Crippen LogP contribution >= 0.6 is 0 Å². The highest BCUT2D eigenvalue weighted by Gasteiger charge is 2.06. The highest BCUT2D eigenvalue weighted by Crippen LogP contribution is 2.22. The van der Waals surface area contributed by atoms with Crippen molar-refractivity contribution in [2.45, 2.75) is 73.1 Å². The van der Waals surface area contributed by atoms with E-state index in [0.29, 0.717) is 0 Å². The van der Waals surface area contributed by atoms with Crippen LogP contribution in [0.2, 0.25) is 0 Å². The molecule has 1 saturated carbocycles. The van der Waals surface area contributed by atoms with Crippen molar-refractivity contribution in [3.8, 4) is 0 Å². The number of rotatable bonds is 2. The summed E-state index contributed by atoms with van der Waals surface area (Å²) in [6.45, 7) is 11.0. The zero-order valence-electron chi connectivity index (χ0n) is 14.1. The molecule has 0 nitrogen and oxygen atoms in total. The molecule has 0 heterocycles. The number of hydrogen-bond acceptors (Lipinski definition) is 0. The van der Waals surface area contributed by atoms with Gasteiger partial charge < -0.3 is 0 Å². The molecule has 0 spiro atoms.